The molecule has 1 fully saturated rings. The van der Waals surface area contributed by atoms with Crippen LogP contribution in [0, 0.1) is 5.41 Å². The Morgan fingerprint density at radius 3 is 2.60 bits per heavy atom. The van der Waals surface area contributed by atoms with Gasteiger partial charge in [-0.25, -0.2) is 0 Å². The van der Waals surface area contributed by atoms with Gasteiger partial charge in [0.2, 0.25) is 0 Å². The Bertz CT molecular complexity index is 470. The topological polar surface area (TPSA) is 46.3 Å². The smallest absolute Gasteiger partial charge is 0.253 e. The highest BCUT2D eigenvalue weighted by atomic mass is 32.2. The zero-order valence-electron chi connectivity index (χ0n) is 12.6. The van der Waals surface area contributed by atoms with Gasteiger partial charge >= 0.3 is 0 Å². The number of carbonyl (C=O) groups excluding carboxylic acids is 1. The number of benzene rings is 1. The Morgan fingerprint density at radius 1 is 1.40 bits per heavy atom. The second-order valence-electron chi connectivity index (χ2n) is 6.24. The van der Waals surface area contributed by atoms with Crippen LogP contribution in [0.3, 0.4) is 0 Å². The molecule has 1 aliphatic rings. The minimum atomic E-state index is -0.00724. The summed E-state index contributed by atoms with van der Waals surface area (Å²) in [6.07, 6.45) is 2.96. The number of hydrogen-bond donors (Lipinski definition) is 1. The number of amides is 1. The van der Waals surface area contributed by atoms with Crippen LogP contribution in [0.4, 0.5) is 0 Å². The van der Waals surface area contributed by atoms with Crippen molar-refractivity contribution in [3.8, 4) is 0 Å². The van der Waals surface area contributed by atoms with E-state index in [0.29, 0.717) is 0 Å². The number of carbonyl (C=O) groups is 1. The molecule has 0 aliphatic carbocycles. The number of thioether (sulfide) groups is 1. The zero-order chi connectivity index (χ0) is 14.8. The number of piperidine rings is 1. The molecule has 4 heteroatoms. The summed E-state index contributed by atoms with van der Waals surface area (Å²) in [6.45, 7) is 5.77. The second kappa shape index (κ2) is 6.19. The first kappa shape index (κ1) is 15.4. The number of hydrogen-bond acceptors (Lipinski definition) is 3. The first-order chi connectivity index (χ1) is 9.44. The molecule has 3 nitrogen and oxygen atoms in total. The first-order valence-corrected chi connectivity index (χ1v) is 8.46. The minimum Gasteiger partial charge on any atom is -0.338 e. The molecule has 1 saturated heterocycles. The third-order valence-electron chi connectivity index (χ3n) is 4.11. The summed E-state index contributed by atoms with van der Waals surface area (Å²) in [5.41, 5.74) is 8.16. The molecule has 1 atom stereocenters. The van der Waals surface area contributed by atoms with Crippen molar-refractivity contribution in [2.45, 2.75) is 32.1 Å². The third kappa shape index (κ3) is 3.36. The fraction of sp³-hybridized carbons (Fsp3) is 0.562. The van der Waals surface area contributed by atoms with Crippen molar-refractivity contribution in [3.05, 3.63) is 35.4 Å². The van der Waals surface area contributed by atoms with Crippen LogP contribution in [-0.2, 0) is 5.75 Å². The van der Waals surface area contributed by atoms with Crippen molar-refractivity contribution in [2.75, 3.05) is 19.3 Å². The predicted octanol–water partition coefficient (Wildman–Crippen LogP) is 2.75. The van der Waals surface area contributed by atoms with E-state index in [4.69, 9.17) is 5.73 Å². The van der Waals surface area contributed by atoms with Crippen molar-refractivity contribution in [1.29, 1.82) is 0 Å². The van der Waals surface area contributed by atoms with Crippen LogP contribution in [0.1, 0.15) is 36.2 Å². The molecule has 20 heavy (non-hydrogen) atoms. The molecule has 1 amide bonds. The normalized spacial score (nSPS) is 21.8. The highest BCUT2D eigenvalue weighted by molar-refractivity contribution is 7.97. The lowest BCUT2D eigenvalue weighted by Gasteiger charge is -2.42. The van der Waals surface area contributed by atoms with E-state index in [9.17, 15) is 4.79 Å². The van der Waals surface area contributed by atoms with Gasteiger partial charge in [0.25, 0.3) is 5.91 Å². The summed E-state index contributed by atoms with van der Waals surface area (Å²) >= 11 is 1.79. The van der Waals surface area contributed by atoms with Crippen molar-refractivity contribution >= 4 is 17.7 Å². The first-order valence-electron chi connectivity index (χ1n) is 7.07. The SMILES string of the molecule is CSCc1ccc(C(=O)N2CCC(N)C(C)(C)C2)cc1. The van der Waals surface area contributed by atoms with Crippen LogP contribution >= 0.6 is 11.8 Å². The van der Waals surface area contributed by atoms with Gasteiger partial charge in [0.05, 0.1) is 0 Å². The van der Waals surface area contributed by atoms with Crippen LogP contribution in [0.5, 0.6) is 0 Å². The average Bonchev–Trinajstić information content (AvgIpc) is 2.42. The number of nitrogens with zero attached hydrogens (tertiary/aromatic N) is 1. The van der Waals surface area contributed by atoms with Crippen molar-refractivity contribution < 1.29 is 4.79 Å². The van der Waals surface area contributed by atoms with E-state index in [-0.39, 0.29) is 17.4 Å². The average molecular weight is 292 g/mol. The van der Waals surface area contributed by atoms with Gasteiger partial charge in [0, 0.05) is 30.4 Å². The maximum atomic E-state index is 12.5. The van der Waals surface area contributed by atoms with E-state index < -0.39 is 0 Å². The lowest BCUT2D eigenvalue weighted by molar-refractivity contribution is 0.0533. The molecule has 0 radical (unpaired) electrons. The molecule has 1 aliphatic heterocycles. The molecule has 0 bridgehead atoms. The van der Waals surface area contributed by atoms with Crippen LogP contribution in [0.25, 0.3) is 0 Å². The van der Waals surface area contributed by atoms with E-state index in [2.05, 4.69) is 20.1 Å². The third-order valence-corrected chi connectivity index (χ3v) is 4.73. The van der Waals surface area contributed by atoms with Gasteiger partial charge in [-0.2, -0.15) is 11.8 Å². The summed E-state index contributed by atoms with van der Waals surface area (Å²) in [5, 5.41) is 0. The second-order valence-corrected chi connectivity index (χ2v) is 7.11. The minimum absolute atomic E-state index is 0.00724. The van der Waals surface area contributed by atoms with Gasteiger partial charge in [-0.05, 0) is 35.8 Å². The van der Waals surface area contributed by atoms with Crippen molar-refractivity contribution in [3.63, 3.8) is 0 Å². The Balaban J connectivity index is 2.07. The molecule has 1 aromatic rings. The summed E-state index contributed by atoms with van der Waals surface area (Å²) in [7, 11) is 0. The summed E-state index contributed by atoms with van der Waals surface area (Å²) in [5.74, 6) is 1.11. The Hall–Kier alpha value is -1.00. The van der Waals surface area contributed by atoms with Gasteiger partial charge in [0.15, 0.2) is 0 Å². The largest absolute Gasteiger partial charge is 0.338 e. The van der Waals surface area contributed by atoms with E-state index in [0.717, 1.165) is 30.8 Å². The van der Waals surface area contributed by atoms with Gasteiger partial charge in [-0.1, -0.05) is 26.0 Å². The lowest BCUT2D eigenvalue weighted by atomic mass is 9.79. The molecule has 0 aromatic heterocycles. The summed E-state index contributed by atoms with van der Waals surface area (Å²) in [4.78, 5) is 14.5. The number of nitrogens with two attached hydrogens (primary N) is 1. The van der Waals surface area contributed by atoms with E-state index in [1.54, 1.807) is 11.8 Å². The van der Waals surface area contributed by atoms with E-state index >= 15 is 0 Å². The molecule has 0 spiro atoms. The fourth-order valence-electron chi connectivity index (χ4n) is 2.64. The quantitative estimate of drug-likeness (QED) is 0.932. The van der Waals surface area contributed by atoms with E-state index in [1.807, 2.05) is 29.2 Å². The number of likely N-dealkylation sites (tertiary alicyclic amines) is 1. The molecule has 1 aromatic carbocycles. The maximum Gasteiger partial charge on any atom is 0.253 e. The van der Waals surface area contributed by atoms with Crippen molar-refractivity contribution in [1.82, 2.24) is 4.90 Å². The molecule has 1 unspecified atom stereocenters. The van der Waals surface area contributed by atoms with Crippen molar-refractivity contribution in [2.24, 2.45) is 11.1 Å². The van der Waals surface area contributed by atoms with Gasteiger partial charge < -0.3 is 10.6 Å². The van der Waals surface area contributed by atoms with Crippen LogP contribution < -0.4 is 5.73 Å². The molecule has 1 heterocycles. The maximum absolute atomic E-state index is 12.5. The Labute approximate surface area is 125 Å². The Morgan fingerprint density at radius 2 is 2.05 bits per heavy atom. The summed E-state index contributed by atoms with van der Waals surface area (Å²) < 4.78 is 0. The standard InChI is InChI=1S/C16H24N2OS/c1-16(2)11-18(9-8-14(16)17)15(19)13-6-4-12(5-7-13)10-20-3/h4-7,14H,8-11,17H2,1-3H3. The predicted molar refractivity (Wildman–Crippen MR) is 85.9 cm³/mol. The highest BCUT2D eigenvalue weighted by Gasteiger charge is 2.35. The Kier molecular flexibility index (Phi) is 4.76. The highest BCUT2D eigenvalue weighted by Crippen LogP contribution is 2.28. The van der Waals surface area contributed by atoms with Crippen LogP contribution in [0.2, 0.25) is 0 Å². The summed E-state index contributed by atoms with van der Waals surface area (Å²) in [6, 6.07) is 8.15. The molecule has 2 rings (SSSR count). The lowest BCUT2D eigenvalue weighted by Crippen LogP contribution is -2.53. The molecule has 2 N–H and O–H groups in total. The van der Waals surface area contributed by atoms with Gasteiger partial charge in [-0.15, -0.1) is 0 Å². The molecular weight excluding hydrogens is 268 g/mol. The molecule has 110 valence electrons. The van der Waals surface area contributed by atoms with Gasteiger partial charge in [0.1, 0.15) is 0 Å². The molecule has 0 saturated carbocycles. The van der Waals surface area contributed by atoms with E-state index in [1.165, 1.54) is 5.56 Å². The monoisotopic (exact) mass is 292 g/mol. The molecular formula is C16H24N2OS. The van der Waals surface area contributed by atoms with Crippen LogP contribution in [0.15, 0.2) is 24.3 Å². The zero-order valence-corrected chi connectivity index (χ0v) is 13.4. The van der Waals surface area contributed by atoms with Gasteiger partial charge in [-0.3, -0.25) is 4.79 Å². The fourth-order valence-corrected chi connectivity index (χ4v) is 3.17. The number of rotatable bonds is 3. The van der Waals surface area contributed by atoms with Crippen LogP contribution in [-0.4, -0.2) is 36.2 Å².